The van der Waals surface area contributed by atoms with E-state index in [0.29, 0.717) is 16.9 Å². The highest BCUT2D eigenvalue weighted by atomic mass is 32.1. The minimum atomic E-state index is 0.0141. The van der Waals surface area contributed by atoms with Gasteiger partial charge in [0.25, 0.3) is 5.56 Å². The van der Waals surface area contributed by atoms with Crippen molar-refractivity contribution in [2.45, 2.75) is 76.7 Å². The monoisotopic (exact) mass is 484 g/mol. The van der Waals surface area contributed by atoms with Crippen molar-refractivity contribution in [1.82, 2.24) is 24.4 Å². The van der Waals surface area contributed by atoms with E-state index in [4.69, 9.17) is 4.98 Å². The van der Waals surface area contributed by atoms with Crippen molar-refractivity contribution in [3.63, 3.8) is 0 Å². The van der Waals surface area contributed by atoms with E-state index in [1.54, 1.807) is 0 Å². The van der Waals surface area contributed by atoms with Crippen molar-refractivity contribution in [3.8, 4) is 0 Å². The highest BCUT2D eigenvalue weighted by Gasteiger charge is 2.33. The molecule has 2 aromatic rings. The molecule has 3 fully saturated rings. The lowest BCUT2D eigenvalue weighted by Crippen LogP contribution is -2.50. The number of nitrogens with zero attached hydrogens (tertiary/aromatic N) is 6. The molecular weight excluding hydrogens is 448 g/mol. The Bertz CT molecular complexity index is 1090. The van der Waals surface area contributed by atoms with Gasteiger partial charge in [-0.3, -0.25) is 9.59 Å². The lowest BCUT2D eigenvalue weighted by molar-refractivity contribution is -0.137. The van der Waals surface area contributed by atoms with E-state index in [-0.39, 0.29) is 11.5 Å². The molecule has 4 aliphatic rings. The van der Waals surface area contributed by atoms with Gasteiger partial charge in [-0.25, -0.2) is 4.98 Å². The van der Waals surface area contributed by atoms with Gasteiger partial charge in [0.15, 0.2) is 0 Å². The van der Waals surface area contributed by atoms with E-state index in [0.717, 1.165) is 93.9 Å². The van der Waals surface area contributed by atoms with Crippen LogP contribution in [0.4, 0.5) is 5.13 Å². The van der Waals surface area contributed by atoms with Crippen LogP contribution in [0.1, 0.15) is 69.0 Å². The number of piperidine rings is 3. The molecule has 0 saturated carbocycles. The van der Waals surface area contributed by atoms with Crippen LogP contribution in [-0.2, 0) is 17.6 Å². The second kappa shape index (κ2) is 9.57. The van der Waals surface area contributed by atoms with Crippen molar-refractivity contribution < 1.29 is 4.79 Å². The normalized spacial score (nSPS) is 23.4. The number of hydrogen-bond donors (Lipinski definition) is 0. The number of aryl methyl sites for hydroxylation is 1. The SMILES string of the molecule is O=C(C1CCN(c2nn3c(=O)c4c(nc3s2)CCCC4)CC1)N1CCC(N2CCCCC2)CC1. The first kappa shape index (κ1) is 22.5. The summed E-state index contributed by atoms with van der Waals surface area (Å²) in [6.45, 7) is 5.94. The molecule has 9 heteroatoms. The molecule has 184 valence electrons. The van der Waals surface area contributed by atoms with Crippen LogP contribution in [0.3, 0.4) is 0 Å². The van der Waals surface area contributed by atoms with E-state index >= 15 is 0 Å². The fourth-order valence-electron chi connectivity index (χ4n) is 6.40. The lowest BCUT2D eigenvalue weighted by atomic mass is 9.93. The van der Waals surface area contributed by atoms with Crippen LogP contribution in [0, 0.1) is 5.92 Å². The quantitative estimate of drug-likeness (QED) is 0.667. The van der Waals surface area contributed by atoms with E-state index in [1.807, 2.05) is 0 Å². The first-order valence-corrected chi connectivity index (χ1v) is 14.2. The van der Waals surface area contributed by atoms with E-state index in [2.05, 4.69) is 19.8 Å². The standard InChI is InChI=1S/C25H36N6O2S/c32-22(29-16-10-19(11-17-29)28-12-4-1-5-13-28)18-8-14-30(15-9-18)25-27-31-23(33)20-6-2-3-7-21(20)26-24(31)34-25/h18-19H,1-17H2. The van der Waals surface area contributed by atoms with Crippen LogP contribution in [0.5, 0.6) is 0 Å². The average Bonchev–Trinajstić information content (AvgIpc) is 3.34. The van der Waals surface area contributed by atoms with Crippen molar-refractivity contribution in [2.24, 2.45) is 5.92 Å². The summed E-state index contributed by atoms with van der Waals surface area (Å²) < 4.78 is 1.51. The third kappa shape index (κ3) is 4.26. The zero-order valence-electron chi connectivity index (χ0n) is 20.1. The molecule has 1 amide bonds. The van der Waals surface area contributed by atoms with Crippen LogP contribution in [0.15, 0.2) is 4.79 Å². The van der Waals surface area contributed by atoms with Gasteiger partial charge in [-0.1, -0.05) is 17.8 Å². The van der Waals surface area contributed by atoms with E-state index in [1.165, 1.54) is 48.2 Å². The minimum absolute atomic E-state index is 0.0141. The highest BCUT2D eigenvalue weighted by molar-refractivity contribution is 7.20. The van der Waals surface area contributed by atoms with Crippen LogP contribution >= 0.6 is 11.3 Å². The summed E-state index contributed by atoms with van der Waals surface area (Å²) in [6.07, 6.45) is 11.9. The first-order valence-electron chi connectivity index (χ1n) is 13.4. The van der Waals surface area contributed by atoms with Gasteiger partial charge in [-0.2, -0.15) is 4.52 Å². The summed E-state index contributed by atoms with van der Waals surface area (Å²) in [5.74, 6) is 0.469. The molecule has 0 bridgehead atoms. The van der Waals surface area contributed by atoms with Gasteiger partial charge in [0.05, 0.1) is 5.69 Å². The summed E-state index contributed by atoms with van der Waals surface area (Å²) >= 11 is 1.51. The zero-order chi connectivity index (χ0) is 23.1. The van der Waals surface area contributed by atoms with Crippen LogP contribution in [0.2, 0.25) is 0 Å². The van der Waals surface area contributed by atoms with Crippen molar-refractivity contribution in [2.75, 3.05) is 44.2 Å². The topological polar surface area (TPSA) is 74.0 Å². The number of anilines is 1. The molecule has 3 saturated heterocycles. The molecule has 0 N–H and O–H groups in total. The summed E-state index contributed by atoms with van der Waals surface area (Å²) in [6, 6.07) is 0.674. The van der Waals surface area contributed by atoms with Gasteiger partial charge in [0.2, 0.25) is 16.0 Å². The molecular formula is C25H36N6O2S. The molecule has 0 spiro atoms. The Morgan fingerprint density at radius 1 is 0.853 bits per heavy atom. The Morgan fingerprint density at radius 2 is 1.59 bits per heavy atom. The predicted molar refractivity (Wildman–Crippen MR) is 134 cm³/mol. The predicted octanol–water partition coefficient (Wildman–Crippen LogP) is 2.72. The summed E-state index contributed by atoms with van der Waals surface area (Å²) in [5, 5.41) is 5.50. The number of rotatable bonds is 3. The number of fused-ring (bicyclic) bond motifs is 2. The molecule has 2 aromatic heterocycles. The fraction of sp³-hybridized carbons (Fsp3) is 0.760. The first-order chi connectivity index (χ1) is 16.7. The second-order valence-corrected chi connectivity index (χ2v) is 11.5. The Kier molecular flexibility index (Phi) is 6.32. The van der Waals surface area contributed by atoms with Crippen LogP contribution < -0.4 is 10.5 Å². The largest absolute Gasteiger partial charge is 0.347 e. The molecule has 5 heterocycles. The van der Waals surface area contributed by atoms with Crippen molar-refractivity contribution in [3.05, 3.63) is 21.6 Å². The molecule has 0 radical (unpaired) electrons. The van der Waals surface area contributed by atoms with Gasteiger partial charge in [-0.05, 0) is 77.3 Å². The number of hydrogen-bond acceptors (Lipinski definition) is 7. The summed E-state index contributed by atoms with van der Waals surface area (Å²) in [4.78, 5) is 38.6. The molecule has 1 aliphatic carbocycles. The van der Waals surface area contributed by atoms with Gasteiger partial charge >= 0.3 is 0 Å². The van der Waals surface area contributed by atoms with Crippen molar-refractivity contribution in [1.29, 1.82) is 0 Å². The van der Waals surface area contributed by atoms with E-state index < -0.39 is 0 Å². The Hall–Kier alpha value is -2.00. The smallest absolute Gasteiger partial charge is 0.278 e. The third-order valence-corrected chi connectivity index (χ3v) is 9.44. The third-order valence-electron chi connectivity index (χ3n) is 8.47. The van der Waals surface area contributed by atoms with Crippen LogP contribution in [0.25, 0.3) is 4.96 Å². The molecule has 0 atom stereocenters. The molecule has 0 aromatic carbocycles. The van der Waals surface area contributed by atoms with Gasteiger partial charge in [-0.15, -0.1) is 5.10 Å². The maximum atomic E-state index is 13.2. The van der Waals surface area contributed by atoms with Crippen molar-refractivity contribution >= 4 is 27.3 Å². The van der Waals surface area contributed by atoms with Crippen LogP contribution in [-0.4, -0.2) is 75.6 Å². The number of carbonyl (C=O) groups is 1. The zero-order valence-corrected chi connectivity index (χ0v) is 20.9. The molecule has 34 heavy (non-hydrogen) atoms. The van der Waals surface area contributed by atoms with Gasteiger partial charge in [0.1, 0.15) is 0 Å². The molecule has 8 nitrogen and oxygen atoms in total. The number of likely N-dealkylation sites (tertiary alicyclic amines) is 2. The fourth-order valence-corrected chi connectivity index (χ4v) is 7.36. The summed E-state index contributed by atoms with van der Waals surface area (Å²) in [5.41, 5.74) is 1.84. The number of aromatic nitrogens is 3. The Labute approximate surface area is 204 Å². The molecule has 6 rings (SSSR count). The van der Waals surface area contributed by atoms with Gasteiger partial charge < -0.3 is 14.7 Å². The summed E-state index contributed by atoms with van der Waals surface area (Å²) in [7, 11) is 0. The minimum Gasteiger partial charge on any atom is -0.347 e. The maximum Gasteiger partial charge on any atom is 0.278 e. The second-order valence-electron chi connectivity index (χ2n) is 10.5. The Balaban J connectivity index is 1.06. The maximum absolute atomic E-state index is 13.2. The van der Waals surface area contributed by atoms with Gasteiger partial charge in [0, 0.05) is 43.7 Å². The lowest BCUT2D eigenvalue weighted by Gasteiger charge is -2.41. The number of amides is 1. The molecule has 3 aliphatic heterocycles. The Morgan fingerprint density at radius 3 is 2.35 bits per heavy atom. The highest BCUT2D eigenvalue weighted by Crippen LogP contribution is 2.30. The average molecular weight is 485 g/mol. The molecule has 0 unspecified atom stereocenters. The van der Waals surface area contributed by atoms with E-state index in [9.17, 15) is 9.59 Å². The number of carbonyl (C=O) groups excluding carboxylic acids is 1.